The first-order valence-electron chi connectivity index (χ1n) is 3.65. The van der Waals surface area contributed by atoms with Gasteiger partial charge in [-0.25, -0.2) is 9.59 Å². The van der Waals surface area contributed by atoms with Crippen LogP contribution < -0.4 is 0 Å². The third kappa shape index (κ3) is 36.3. The van der Waals surface area contributed by atoms with E-state index in [0.29, 0.717) is 0 Å². The zero-order valence-corrected chi connectivity index (χ0v) is 14.4. The standard InChI is InChI=1S/2C2H2Cl2O2.3CH3.Sb/c2*3-1(4)2(5)6;;;;/h2*1H,(H,5,6);3*1H3;. The molecule has 0 aromatic carbocycles. The fourth-order valence-electron chi connectivity index (χ4n) is 0. The molecule has 0 fully saturated rings. The van der Waals surface area contributed by atoms with Crippen molar-refractivity contribution in [3.8, 4) is 0 Å². The van der Waals surface area contributed by atoms with E-state index in [1.807, 2.05) is 0 Å². The van der Waals surface area contributed by atoms with Crippen LogP contribution >= 0.6 is 46.4 Å². The van der Waals surface area contributed by atoms with Gasteiger partial charge in [0, 0.05) is 0 Å². The summed E-state index contributed by atoms with van der Waals surface area (Å²) in [6, 6.07) is 0. The summed E-state index contributed by atoms with van der Waals surface area (Å²) in [6.45, 7) is 0. The summed E-state index contributed by atoms with van der Waals surface area (Å²) in [5.41, 5.74) is 0. The third-order valence-corrected chi connectivity index (χ3v) is 1.12. The number of carboxylic acids is 2. The van der Waals surface area contributed by atoms with Crippen LogP contribution in [0.1, 0.15) is 0 Å². The average molecular weight is 425 g/mol. The molecule has 0 aliphatic rings. The summed E-state index contributed by atoms with van der Waals surface area (Å²) in [4.78, 5) is 23.3. The van der Waals surface area contributed by atoms with E-state index in [9.17, 15) is 9.59 Å². The Morgan fingerprint density at radius 3 is 0.938 bits per heavy atom. The van der Waals surface area contributed by atoms with Crippen molar-refractivity contribution >= 4 is 78.6 Å². The molecule has 16 heavy (non-hydrogen) atoms. The summed E-state index contributed by atoms with van der Waals surface area (Å²) in [7, 11) is 0. The number of aliphatic carboxylic acids is 2. The molecule has 0 atom stereocenters. The first-order chi connectivity index (χ1) is 7.02. The molecule has 9 heteroatoms. The zero-order valence-electron chi connectivity index (χ0n) is 8.82. The molecule has 0 aliphatic heterocycles. The van der Waals surface area contributed by atoms with Crippen LogP contribution in [0.3, 0.4) is 0 Å². The van der Waals surface area contributed by atoms with Crippen LogP contribution in [0.4, 0.5) is 0 Å². The Morgan fingerprint density at radius 1 is 0.875 bits per heavy atom. The van der Waals surface area contributed by atoms with Crippen LogP contribution in [-0.4, -0.2) is 52.0 Å². The van der Waals surface area contributed by atoms with Crippen molar-refractivity contribution < 1.29 is 19.8 Å². The molecule has 0 saturated heterocycles. The van der Waals surface area contributed by atoms with Crippen molar-refractivity contribution in [2.24, 2.45) is 0 Å². The number of halogens is 4. The van der Waals surface area contributed by atoms with Gasteiger partial charge in [0.05, 0.1) is 0 Å². The van der Waals surface area contributed by atoms with Gasteiger partial charge in [0.25, 0.3) is 0 Å². The molecule has 0 radical (unpaired) electrons. The molecule has 0 aromatic heterocycles. The Bertz CT molecular complexity index is 178. The van der Waals surface area contributed by atoms with Crippen LogP contribution in [0.25, 0.3) is 0 Å². The Morgan fingerprint density at radius 2 is 0.938 bits per heavy atom. The first-order valence-corrected chi connectivity index (χ1v) is 13.1. The molecular weight excluding hydrogens is 412 g/mol. The Balaban J connectivity index is -0.000000162. The fraction of sp³-hybridized carbons (Fsp3) is 0.714. The van der Waals surface area contributed by atoms with E-state index in [1.165, 1.54) is 0 Å². The van der Waals surface area contributed by atoms with E-state index in [0.717, 1.165) is 0 Å². The Hall–Kier alpha value is 0.918. The summed E-state index contributed by atoms with van der Waals surface area (Å²) in [5.74, 6) is -2.42. The van der Waals surface area contributed by atoms with Crippen LogP contribution in [-0.2, 0) is 9.59 Å². The number of alkyl halides is 4. The Labute approximate surface area is 122 Å². The monoisotopic (exact) mass is 422 g/mol. The van der Waals surface area contributed by atoms with Crippen LogP contribution in [0.15, 0.2) is 0 Å². The molecule has 4 nitrogen and oxygen atoms in total. The maximum absolute atomic E-state index is 9.44. The minimum absolute atomic E-state index is 0.450. The predicted octanol–water partition coefficient (Wildman–Crippen LogP) is 3.12. The average Bonchev–Trinajstić information content (AvgIpc) is 2.03. The second-order valence-corrected chi connectivity index (χ2v) is 12.5. The molecule has 0 rings (SSSR count). The van der Waals surface area contributed by atoms with Gasteiger partial charge in [-0.1, -0.05) is 46.4 Å². The van der Waals surface area contributed by atoms with Gasteiger partial charge < -0.3 is 10.2 Å². The summed E-state index contributed by atoms with van der Waals surface area (Å²) < 4.78 is 0. The molecule has 98 valence electrons. The van der Waals surface area contributed by atoms with Crippen LogP contribution in [0.2, 0.25) is 14.6 Å². The van der Waals surface area contributed by atoms with Gasteiger partial charge in [0.2, 0.25) is 9.67 Å². The SMILES string of the molecule is O=C(O)C(Cl)Cl.O=C(O)C(Cl)Cl.[CH3][Sb]([CH3])[CH3]. The molecule has 0 saturated carbocycles. The Kier molecular flexibility index (Phi) is 19.3. The molecule has 0 unspecified atom stereocenters. The number of hydrogen-bond donors (Lipinski definition) is 2. The van der Waals surface area contributed by atoms with E-state index in [1.54, 1.807) is 0 Å². The van der Waals surface area contributed by atoms with Crippen molar-refractivity contribution in [3.63, 3.8) is 0 Å². The molecule has 0 spiro atoms. The predicted molar refractivity (Wildman–Crippen MR) is 69.6 cm³/mol. The molecule has 2 N–H and O–H groups in total. The van der Waals surface area contributed by atoms with Gasteiger partial charge in [0.15, 0.2) is 0 Å². The van der Waals surface area contributed by atoms with Crippen molar-refractivity contribution in [2.45, 2.75) is 24.3 Å². The van der Waals surface area contributed by atoms with E-state index < -0.39 is 41.8 Å². The van der Waals surface area contributed by atoms with Crippen molar-refractivity contribution in [1.29, 1.82) is 0 Å². The van der Waals surface area contributed by atoms with Crippen LogP contribution in [0, 0.1) is 0 Å². The van der Waals surface area contributed by atoms with Crippen molar-refractivity contribution in [1.82, 2.24) is 0 Å². The van der Waals surface area contributed by atoms with Gasteiger partial charge >= 0.3 is 46.8 Å². The van der Waals surface area contributed by atoms with Crippen molar-refractivity contribution in [3.05, 3.63) is 0 Å². The topological polar surface area (TPSA) is 74.6 Å². The van der Waals surface area contributed by atoms with Gasteiger partial charge in [-0.3, -0.25) is 0 Å². The number of hydrogen-bond acceptors (Lipinski definition) is 2. The summed E-state index contributed by atoms with van der Waals surface area (Å²) >= 11 is 18.7. The summed E-state index contributed by atoms with van der Waals surface area (Å²) in [5, 5.41) is 15.5. The number of carbonyl (C=O) groups is 2. The second-order valence-electron chi connectivity index (χ2n) is 2.62. The number of rotatable bonds is 2. The van der Waals surface area contributed by atoms with E-state index in [2.05, 4.69) is 14.6 Å². The molecule has 0 heterocycles. The zero-order chi connectivity index (χ0) is 13.9. The van der Waals surface area contributed by atoms with E-state index in [4.69, 9.17) is 56.6 Å². The van der Waals surface area contributed by atoms with Gasteiger partial charge in [-0.15, -0.1) is 0 Å². The quantitative estimate of drug-likeness (QED) is 0.527. The molecule has 0 aliphatic carbocycles. The van der Waals surface area contributed by atoms with Crippen LogP contribution in [0.5, 0.6) is 0 Å². The fourth-order valence-corrected chi connectivity index (χ4v) is 0. The molecule has 0 aromatic rings. The van der Waals surface area contributed by atoms with Gasteiger partial charge in [0.1, 0.15) is 0 Å². The molecule has 0 amide bonds. The minimum atomic E-state index is -1.29. The third-order valence-electron chi connectivity index (χ3n) is 0.373. The molecule has 0 bridgehead atoms. The second kappa shape index (κ2) is 14.0. The normalized spacial score (nSPS) is 9.12. The number of carboxylic acid groups (broad SMARTS) is 2. The molecular formula is C7H13Cl4O4Sb. The van der Waals surface area contributed by atoms with Gasteiger partial charge in [-0.05, 0) is 0 Å². The van der Waals surface area contributed by atoms with E-state index in [-0.39, 0.29) is 0 Å². The van der Waals surface area contributed by atoms with Gasteiger partial charge in [-0.2, -0.15) is 0 Å². The first kappa shape index (κ1) is 22.1. The summed E-state index contributed by atoms with van der Waals surface area (Å²) in [6.07, 6.45) is 0. The maximum atomic E-state index is 9.44. The van der Waals surface area contributed by atoms with Crippen molar-refractivity contribution in [2.75, 3.05) is 0 Å². The van der Waals surface area contributed by atoms with E-state index >= 15 is 0 Å².